The molecule has 0 fully saturated rings. The third-order valence-corrected chi connectivity index (χ3v) is 5.14. The lowest BCUT2D eigenvalue weighted by molar-refractivity contribution is -0.122. The van der Waals surface area contributed by atoms with Crippen molar-refractivity contribution in [2.24, 2.45) is 0 Å². The van der Waals surface area contributed by atoms with Crippen molar-refractivity contribution in [3.05, 3.63) is 58.3 Å². The molecule has 0 unspecified atom stereocenters. The fraction of sp³-hybridized carbons (Fsp3) is 0.227. The van der Waals surface area contributed by atoms with E-state index in [0.29, 0.717) is 46.1 Å². The van der Waals surface area contributed by atoms with Gasteiger partial charge in [0, 0.05) is 11.6 Å². The van der Waals surface area contributed by atoms with Crippen LogP contribution in [0.2, 0.25) is 10.0 Å². The Labute approximate surface area is 206 Å². The smallest absolute Gasteiger partial charge is 0.276 e. The van der Waals surface area contributed by atoms with E-state index in [1.807, 2.05) is 18.2 Å². The van der Waals surface area contributed by atoms with Crippen molar-refractivity contribution in [3.8, 4) is 17.2 Å². The number of amides is 1. The SMILES string of the molecule is COc1ccc(CCNc2ncnc(NNC(=O)COc3ccc(Cl)cc3Cl)c2N)cc1OC. The van der Waals surface area contributed by atoms with E-state index in [4.69, 9.17) is 43.1 Å². The number of halogens is 2. The van der Waals surface area contributed by atoms with Gasteiger partial charge in [0.2, 0.25) is 0 Å². The number of hydrogen-bond donors (Lipinski definition) is 4. The van der Waals surface area contributed by atoms with Crippen LogP contribution in [-0.4, -0.2) is 43.2 Å². The second kappa shape index (κ2) is 12.0. The monoisotopic (exact) mass is 506 g/mol. The largest absolute Gasteiger partial charge is 0.493 e. The van der Waals surface area contributed by atoms with Gasteiger partial charge in [0.15, 0.2) is 29.7 Å². The topological polar surface area (TPSA) is 133 Å². The zero-order valence-corrected chi connectivity index (χ0v) is 20.0. The van der Waals surface area contributed by atoms with E-state index in [2.05, 4.69) is 26.1 Å². The number of nitrogen functional groups attached to an aromatic ring is 1. The van der Waals surface area contributed by atoms with Crippen LogP contribution in [0.25, 0.3) is 0 Å². The van der Waals surface area contributed by atoms with Gasteiger partial charge in [0.05, 0.1) is 19.2 Å². The summed E-state index contributed by atoms with van der Waals surface area (Å²) in [6.07, 6.45) is 2.02. The molecule has 10 nitrogen and oxygen atoms in total. The molecule has 0 saturated heterocycles. The van der Waals surface area contributed by atoms with Crippen LogP contribution in [0.3, 0.4) is 0 Å². The van der Waals surface area contributed by atoms with Gasteiger partial charge in [-0.15, -0.1) is 0 Å². The molecule has 0 radical (unpaired) electrons. The third kappa shape index (κ3) is 6.69. The molecule has 12 heteroatoms. The van der Waals surface area contributed by atoms with Crippen LogP contribution >= 0.6 is 23.2 Å². The van der Waals surface area contributed by atoms with Crippen molar-refractivity contribution in [2.75, 3.05) is 43.8 Å². The molecule has 1 aromatic heterocycles. The summed E-state index contributed by atoms with van der Waals surface area (Å²) in [5.74, 6) is 1.86. The molecule has 34 heavy (non-hydrogen) atoms. The van der Waals surface area contributed by atoms with E-state index in [0.717, 1.165) is 5.56 Å². The molecule has 0 saturated carbocycles. The van der Waals surface area contributed by atoms with Gasteiger partial charge in [0.25, 0.3) is 5.91 Å². The number of nitrogens with zero attached hydrogens (tertiary/aromatic N) is 2. The van der Waals surface area contributed by atoms with Crippen molar-refractivity contribution in [2.45, 2.75) is 6.42 Å². The molecule has 3 rings (SSSR count). The average molecular weight is 507 g/mol. The number of carbonyl (C=O) groups is 1. The summed E-state index contributed by atoms with van der Waals surface area (Å²) in [4.78, 5) is 20.3. The van der Waals surface area contributed by atoms with Crippen molar-refractivity contribution >= 4 is 46.4 Å². The maximum absolute atomic E-state index is 12.1. The second-order valence-corrected chi connectivity index (χ2v) is 7.73. The van der Waals surface area contributed by atoms with Gasteiger partial charge < -0.3 is 25.3 Å². The van der Waals surface area contributed by atoms with Crippen LogP contribution in [0.4, 0.5) is 17.3 Å². The minimum Gasteiger partial charge on any atom is -0.493 e. The molecule has 1 amide bonds. The number of benzene rings is 2. The lowest BCUT2D eigenvalue weighted by Gasteiger charge is -2.14. The Kier molecular flexibility index (Phi) is 8.83. The number of methoxy groups -OCH3 is 2. The Morgan fingerprint density at radius 2 is 1.74 bits per heavy atom. The predicted molar refractivity (Wildman–Crippen MR) is 132 cm³/mol. The molecule has 0 aliphatic carbocycles. The quantitative estimate of drug-likeness (QED) is 0.288. The Hall–Kier alpha value is -3.63. The maximum atomic E-state index is 12.1. The number of nitrogens with one attached hydrogen (secondary N) is 3. The first-order valence-corrected chi connectivity index (χ1v) is 10.8. The normalized spacial score (nSPS) is 10.4. The van der Waals surface area contributed by atoms with Crippen molar-refractivity contribution in [1.29, 1.82) is 0 Å². The number of aromatic nitrogens is 2. The van der Waals surface area contributed by atoms with E-state index in [1.165, 1.54) is 12.4 Å². The minimum atomic E-state index is -0.466. The summed E-state index contributed by atoms with van der Waals surface area (Å²) in [5, 5.41) is 3.93. The van der Waals surface area contributed by atoms with Gasteiger partial charge in [-0.05, 0) is 42.3 Å². The summed E-state index contributed by atoms with van der Waals surface area (Å²) in [6.45, 7) is 0.272. The molecule has 0 aliphatic heterocycles. The van der Waals surface area contributed by atoms with Crippen LogP contribution in [0.1, 0.15) is 5.56 Å². The molecular formula is C22H24Cl2N6O4. The number of ether oxygens (including phenoxy) is 3. The second-order valence-electron chi connectivity index (χ2n) is 6.89. The first kappa shape index (κ1) is 25.0. The average Bonchev–Trinajstić information content (AvgIpc) is 2.83. The van der Waals surface area contributed by atoms with Crippen LogP contribution < -0.4 is 36.1 Å². The van der Waals surface area contributed by atoms with E-state index in [1.54, 1.807) is 26.4 Å². The molecule has 3 aromatic rings. The van der Waals surface area contributed by atoms with Gasteiger partial charge in [0.1, 0.15) is 17.8 Å². The van der Waals surface area contributed by atoms with Crippen LogP contribution in [-0.2, 0) is 11.2 Å². The fourth-order valence-electron chi connectivity index (χ4n) is 2.90. The highest BCUT2D eigenvalue weighted by atomic mass is 35.5. The van der Waals surface area contributed by atoms with E-state index in [-0.39, 0.29) is 18.1 Å². The minimum absolute atomic E-state index is 0.237. The van der Waals surface area contributed by atoms with Crippen LogP contribution in [0.5, 0.6) is 17.2 Å². The summed E-state index contributed by atoms with van der Waals surface area (Å²) in [6, 6.07) is 10.4. The third-order valence-electron chi connectivity index (χ3n) is 4.61. The number of hydrazine groups is 1. The van der Waals surface area contributed by atoms with Crippen molar-refractivity contribution < 1.29 is 19.0 Å². The van der Waals surface area contributed by atoms with Crippen LogP contribution in [0.15, 0.2) is 42.7 Å². The van der Waals surface area contributed by atoms with E-state index in [9.17, 15) is 4.79 Å². The molecule has 0 bridgehead atoms. The van der Waals surface area contributed by atoms with Gasteiger partial charge in [-0.25, -0.2) is 9.97 Å². The standard InChI is InChI=1S/C22H24Cl2N6O4/c1-32-17-5-3-13(9-18(17)33-2)7-8-26-21-20(25)22(28-12-27-21)30-29-19(31)11-34-16-6-4-14(23)10-15(16)24/h3-6,9-10,12H,7-8,11,25H2,1-2H3,(H,29,31)(H2,26,27,28,30). The Balaban J connectivity index is 1.50. The lowest BCUT2D eigenvalue weighted by Crippen LogP contribution is -2.34. The van der Waals surface area contributed by atoms with Gasteiger partial charge in [-0.1, -0.05) is 29.3 Å². The molecule has 180 valence electrons. The molecular weight excluding hydrogens is 483 g/mol. The summed E-state index contributed by atoms with van der Waals surface area (Å²) in [5.41, 5.74) is 12.6. The predicted octanol–water partition coefficient (Wildman–Crippen LogP) is 3.56. The van der Waals surface area contributed by atoms with Gasteiger partial charge >= 0.3 is 0 Å². The molecule has 1 heterocycles. The first-order valence-electron chi connectivity index (χ1n) is 10.1. The highest BCUT2D eigenvalue weighted by Gasteiger charge is 2.11. The Morgan fingerprint density at radius 1 is 1.00 bits per heavy atom. The number of nitrogens with two attached hydrogens (primary N) is 1. The zero-order chi connectivity index (χ0) is 24.5. The fourth-order valence-corrected chi connectivity index (χ4v) is 3.36. The lowest BCUT2D eigenvalue weighted by atomic mass is 10.1. The van der Waals surface area contributed by atoms with Crippen LogP contribution in [0, 0.1) is 0 Å². The number of anilines is 3. The summed E-state index contributed by atoms with van der Waals surface area (Å²) < 4.78 is 16.0. The number of rotatable bonds is 11. The van der Waals surface area contributed by atoms with Crippen molar-refractivity contribution in [1.82, 2.24) is 15.4 Å². The highest BCUT2D eigenvalue weighted by molar-refractivity contribution is 6.35. The van der Waals surface area contributed by atoms with Gasteiger partial charge in [-0.3, -0.25) is 15.6 Å². The molecule has 5 N–H and O–H groups in total. The Morgan fingerprint density at radius 3 is 2.47 bits per heavy atom. The van der Waals surface area contributed by atoms with Crippen molar-refractivity contribution in [3.63, 3.8) is 0 Å². The number of hydrogen-bond acceptors (Lipinski definition) is 9. The maximum Gasteiger partial charge on any atom is 0.276 e. The molecule has 0 atom stereocenters. The summed E-state index contributed by atoms with van der Waals surface area (Å²) in [7, 11) is 3.18. The van der Waals surface area contributed by atoms with Gasteiger partial charge in [-0.2, -0.15) is 0 Å². The number of carbonyl (C=O) groups excluding carboxylic acids is 1. The summed E-state index contributed by atoms with van der Waals surface area (Å²) >= 11 is 11.9. The van der Waals surface area contributed by atoms with E-state index < -0.39 is 5.91 Å². The first-order chi connectivity index (χ1) is 16.4. The zero-order valence-electron chi connectivity index (χ0n) is 18.5. The highest BCUT2D eigenvalue weighted by Crippen LogP contribution is 2.28. The Bertz CT molecular complexity index is 1150. The van der Waals surface area contributed by atoms with E-state index >= 15 is 0 Å². The molecule has 0 aliphatic rings. The molecule has 0 spiro atoms. The molecule has 2 aromatic carbocycles.